The molecule has 0 atom stereocenters. The molecule has 1 amide bonds. The van der Waals surface area contributed by atoms with Crippen molar-refractivity contribution in [1.82, 2.24) is 29.8 Å². The molecule has 0 radical (unpaired) electrons. The Hall–Kier alpha value is -3.14. The summed E-state index contributed by atoms with van der Waals surface area (Å²) in [5.74, 6) is 2.39. The van der Waals surface area contributed by atoms with Gasteiger partial charge in [-0.2, -0.15) is 15.3 Å². The summed E-state index contributed by atoms with van der Waals surface area (Å²) in [7, 11) is 5.28. The van der Waals surface area contributed by atoms with Crippen molar-refractivity contribution in [2.75, 3.05) is 19.0 Å². The number of rotatable bonds is 9. The van der Waals surface area contributed by atoms with E-state index in [-0.39, 0.29) is 5.91 Å². The largest absolute Gasteiger partial charge is 0.490 e. The molecule has 0 bridgehead atoms. The summed E-state index contributed by atoms with van der Waals surface area (Å²) >= 11 is 0. The first-order valence-corrected chi connectivity index (χ1v) is 10.9. The molecule has 1 saturated carbocycles. The van der Waals surface area contributed by atoms with Crippen LogP contribution in [0.2, 0.25) is 0 Å². The van der Waals surface area contributed by atoms with Gasteiger partial charge in [-0.25, -0.2) is 0 Å². The average molecular weight is 442 g/mol. The van der Waals surface area contributed by atoms with Crippen LogP contribution in [-0.2, 0) is 25.4 Å². The highest BCUT2D eigenvalue weighted by molar-refractivity contribution is 6.02. The number of aromatic nitrogens is 6. The fourth-order valence-electron chi connectivity index (χ4n) is 4.28. The number of nitrogens with zero attached hydrogens (tertiary/aromatic N) is 5. The van der Waals surface area contributed by atoms with Gasteiger partial charge in [-0.3, -0.25) is 19.3 Å². The predicted molar refractivity (Wildman–Crippen MR) is 119 cm³/mol. The van der Waals surface area contributed by atoms with E-state index in [1.165, 1.54) is 0 Å². The highest BCUT2D eigenvalue weighted by Gasteiger charge is 2.32. The number of amides is 1. The first kappa shape index (κ1) is 22.1. The van der Waals surface area contributed by atoms with Gasteiger partial charge in [0.15, 0.2) is 11.6 Å². The molecule has 0 spiro atoms. The van der Waals surface area contributed by atoms with Gasteiger partial charge in [0.1, 0.15) is 5.69 Å². The van der Waals surface area contributed by atoms with Crippen molar-refractivity contribution in [3.63, 3.8) is 0 Å². The van der Waals surface area contributed by atoms with Gasteiger partial charge < -0.3 is 14.8 Å². The molecule has 10 heteroatoms. The van der Waals surface area contributed by atoms with Crippen LogP contribution in [0, 0.1) is 5.92 Å². The maximum Gasteiger partial charge on any atom is 0.275 e. The number of carbonyl (C=O) groups excluding carboxylic acids is 1. The van der Waals surface area contributed by atoms with Crippen LogP contribution in [0.1, 0.15) is 66.1 Å². The van der Waals surface area contributed by atoms with E-state index in [2.05, 4.69) is 39.6 Å². The fourth-order valence-corrected chi connectivity index (χ4v) is 4.28. The summed E-state index contributed by atoms with van der Waals surface area (Å²) in [6.07, 6.45) is 3.85. The molecule has 32 heavy (non-hydrogen) atoms. The minimum absolute atomic E-state index is 0.252. The number of nitrogens with one attached hydrogen (secondary N) is 2. The molecule has 0 aromatic carbocycles. The van der Waals surface area contributed by atoms with Crippen molar-refractivity contribution >= 4 is 11.7 Å². The molecule has 1 aliphatic rings. The van der Waals surface area contributed by atoms with Gasteiger partial charge >= 0.3 is 0 Å². The van der Waals surface area contributed by atoms with E-state index < -0.39 is 0 Å². The Morgan fingerprint density at radius 2 is 2.06 bits per heavy atom. The van der Waals surface area contributed by atoms with Crippen LogP contribution in [0.5, 0.6) is 5.75 Å². The van der Waals surface area contributed by atoms with Gasteiger partial charge in [-0.1, -0.05) is 13.8 Å². The summed E-state index contributed by atoms with van der Waals surface area (Å²) in [5.41, 5.74) is 3.32. The van der Waals surface area contributed by atoms with Crippen molar-refractivity contribution < 1.29 is 14.3 Å². The van der Waals surface area contributed by atoms with E-state index in [9.17, 15) is 4.79 Å². The minimum atomic E-state index is -0.252. The maximum atomic E-state index is 12.6. The Kier molecular flexibility index (Phi) is 6.31. The average Bonchev–Trinajstić information content (AvgIpc) is 3.40. The molecule has 3 aromatic rings. The molecule has 172 valence electrons. The molecule has 1 fully saturated rings. The molecular formula is C22H31N7O3. The van der Waals surface area contributed by atoms with Crippen LogP contribution in [0.4, 0.5) is 5.82 Å². The van der Waals surface area contributed by atoms with E-state index in [1.54, 1.807) is 31.1 Å². The third kappa shape index (κ3) is 4.55. The Labute approximate surface area is 187 Å². The molecular weight excluding hydrogens is 410 g/mol. The third-order valence-corrected chi connectivity index (χ3v) is 5.94. The van der Waals surface area contributed by atoms with Crippen LogP contribution in [0.3, 0.4) is 0 Å². The molecule has 3 heterocycles. The highest BCUT2D eigenvalue weighted by Crippen LogP contribution is 2.41. The first-order valence-electron chi connectivity index (χ1n) is 10.9. The van der Waals surface area contributed by atoms with Gasteiger partial charge in [0, 0.05) is 38.9 Å². The predicted octanol–water partition coefficient (Wildman–Crippen LogP) is 2.97. The maximum absolute atomic E-state index is 12.6. The summed E-state index contributed by atoms with van der Waals surface area (Å²) in [6, 6.07) is 3.62. The van der Waals surface area contributed by atoms with Crippen LogP contribution < -0.4 is 10.1 Å². The molecule has 10 nitrogen and oxygen atoms in total. The van der Waals surface area contributed by atoms with E-state index in [0.29, 0.717) is 48.2 Å². The van der Waals surface area contributed by atoms with Crippen molar-refractivity contribution in [3.8, 4) is 5.75 Å². The van der Waals surface area contributed by atoms with Gasteiger partial charge in [-0.15, -0.1) is 0 Å². The molecule has 0 aliphatic heterocycles. The molecule has 0 unspecified atom stereocenters. The molecule has 0 saturated heterocycles. The number of anilines is 1. The lowest BCUT2D eigenvalue weighted by Gasteiger charge is -2.34. The second kappa shape index (κ2) is 9.15. The Morgan fingerprint density at radius 3 is 2.78 bits per heavy atom. The number of hydrogen-bond donors (Lipinski definition) is 2. The van der Waals surface area contributed by atoms with Crippen molar-refractivity contribution in [1.29, 1.82) is 0 Å². The van der Waals surface area contributed by atoms with Crippen molar-refractivity contribution in [2.45, 2.75) is 45.1 Å². The summed E-state index contributed by atoms with van der Waals surface area (Å²) in [4.78, 5) is 12.6. The highest BCUT2D eigenvalue weighted by atomic mass is 16.5. The molecule has 1 aliphatic carbocycles. The van der Waals surface area contributed by atoms with E-state index in [1.807, 2.05) is 17.8 Å². The second-order valence-corrected chi connectivity index (χ2v) is 8.76. The Balaban J connectivity index is 1.28. The van der Waals surface area contributed by atoms with Crippen LogP contribution in [0.15, 0.2) is 18.3 Å². The lowest BCUT2D eigenvalue weighted by Crippen LogP contribution is -2.27. The number of aryl methyl sites for hydroxylation is 2. The SMILES string of the molecule is COCc1cc(C(=O)Nc2cc(C3CC(COc4cnn(C)c4C(C)C)C3)[nH]n2)n(C)n1. The summed E-state index contributed by atoms with van der Waals surface area (Å²) < 4.78 is 14.6. The lowest BCUT2D eigenvalue weighted by molar-refractivity contribution is 0.101. The number of aromatic amines is 1. The minimum Gasteiger partial charge on any atom is -0.490 e. The summed E-state index contributed by atoms with van der Waals surface area (Å²) in [6.45, 7) is 5.33. The van der Waals surface area contributed by atoms with Crippen LogP contribution >= 0.6 is 0 Å². The molecule has 4 rings (SSSR count). The fraction of sp³-hybridized carbons (Fsp3) is 0.545. The Bertz CT molecular complexity index is 1080. The van der Waals surface area contributed by atoms with E-state index >= 15 is 0 Å². The van der Waals surface area contributed by atoms with E-state index in [4.69, 9.17) is 9.47 Å². The number of ether oxygens (including phenoxy) is 2. The normalized spacial score (nSPS) is 18.1. The zero-order valence-electron chi connectivity index (χ0n) is 19.3. The van der Waals surface area contributed by atoms with Crippen molar-refractivity contribution in [3.05, 3.63) is 41.1 Å². The van der Waals surface area contributed by atoms with Gasteiger partial charge in [-0.05, 0) is 30.7 Å². The summed E-state index contributed by atoms with van der Waals surface area (Å²) in [5, 5.41) is 18.7. The number of carbonyl (C=O) groups is 1. The van der Waals surface area contributed by atoms with E-state index in [0.717, 1.165) is 30.0 Å². The number of methoxy groups -OCH3 is 1. The van der Waals surface area contributed by atoms with Gasteiger partial charge in [0.2, 0.25) is 0 Å². The zero-order valence-corrected chi connectivity index (χ0v) is 19.3. The number of H-pyrrole nitrogens is 1. The van der Waals surface area contributed by atoms with Gasteiger partial charge in [0.25, 0.3) is 5.91 Å². The van der Waals surface area contributed by atoms with Crippen molar-refractivity contribution in [2.24, 2.45) is 20.0 Å². The Morgan fingerprint density at radius 1 is 1.28 bits per heavy atom. The molecule has 2 N–H and O–H groups in total. The van der Waals surface area contributed by atoms with Crippen LogP contribution in [0.25, 0.3) is 0 Å². The monoisotopic (exact) mass is 441 g/mol. The lowest BCUT2D eigenvalue weighted by atomic mass is 9.74. The smallest absolute Gasteiger partial charge is 0.275 e. The zero-order chi connectivity index (χ0) is 22.8. The third-order valence-electron chi connectivity index (χ3n) is 5.94. The number of hydrogen-bond acceptors (Lipinski definition) is 6. The van der Waals surface area contributed by atoms with Gasteiger partial charge in [0.05, 0.1) is 30.8 Å². The molecule has 3 aromatic heterocycles. The topological polar surface area (TPSA) is 112 Å². The van der Waals surface area contributed by atoms with Crippen LogP contribution in [-0.4, -0.2) is 49.4 Å². The first-order chi connectivity index (χ1) is 15.4. The standard InChI is InChI=1S/C22H31N7O3/c1-13(2)21-19(10-23-29(21)4)32-11-14-6-15(7-14)17-9-20(26-25-17)24-22(30)18-8-16(12-31-5)27-28(18)3/h8-10,13-15H,6-7,11-12H2,1-5H3,(H2,24,25,26,30). The second-order valence-electron chi connectivity index (χ2n) is 8.76. The quantitative estimate of drug-likeness (QED) is 0.528.